The van der Waals surface area contributed by atoms with E-state index in [0.29, 0.717) is 11.4 Å². The molecule has 0 spiro atoms. The monoisotopic (exact) mass is 423 g/mol. The number of carbonyl (C=O) groups is 1. The summed E-state index contributed by atoms with van der Waals surface area (Å²) in [5.41, 5.74) is 2.03. The van der Waals surface area contributed by atoms with E-state index in [2.05, 4.69) is 15.3 Å². The number of carbonyl (C=O) groups excluding carboxylic acids is 1. The summed E-state index contributed by atoms with van der Waals surface area (Å²) in [4.78, 5) is 20.6. The SMILES string of the molecule is O=C(NCc1ccccc1Cl)c1cncnc1OC1=COC(Cc2ccccc2)O1. The van der Waals surface area contributed by atoms with Crippen LogP contribution >= 0.6 is 11.6 Å². The molecule has 2 aromatic carbocycles. The number of halogens is 1. The first kappa shape index (κ1) is 19.7. The average molecular weight is 424 g/mol. The number of nitrogens with zero attached hydrogens (tertiary/aromatic N) is 2. The summed E-state index contributed by atoms with van der Waals surface area (Å²) < 4.78 is 16.8. The van der Waals surface area contributed by atoms with Crippen LogP contribution in [0, 0.1) is 0 Å². The van der Waals surface area contributed by atoms with Crippen LogP contribution in [0.25, 0.3) is 0 Å². The van der Waals surface area contributed by atoms with E-state index in [1.54, 1.807) is 6.07 Å². The first-order valence-electron chi connectivity index (χ1n) is 9.25. The molecule has 0 aliphatic carbocycles. The highest BCUT2D eigenvalue weighted by atomic mass is 35.5. The molecule has 2 heterocycles. The van der Waals surface area contributed by atoms with Gasteiger partial charge in [0.2, 0.25) is 12.2 Å². The molecule has 1 aliphatic heterocycles. The first-order chi connectivity index (χ1) is 14.7. The Kier molecular flexibility index (Phi) is 6.10. The fourth-order valence-electron chi connectivity index (χ4n) is 2.82. The zero-order valence-electron chi connectivity index (χ0n) is 15.8. The Hall–Kier alpha value is -3.58. The van der Waals surface area contributed by atoms with E-state index >= 15 is 0 Å². The molecule has 1 unspecified atom stereocenters. The van der Waals surface area contributed by atoms with Crippen molar-refractivity contribution in [3.8, 4) is 5.88 Å². The highest BCUT2D eigenvalue weighted by Gasteiger charge is 2.24. The zero-order chi connectivity index (χ0) is 20.8. The van der Waals surface area contributed by atoms with Gasteiger partial charge in [-0.25, -0.2) is 9.97 Å². The first-order valence-corrected chi connectivity index (χ1v) is 9.62. The van der Waals surface area contributed by atoms with Crippen LogP contribution in [-0.2, 0) is 22.4 Å². The van der Waals surface area contributed by atoms with Gasteiger partial charge >= 0.3 is 5.95 Å². The molecular formula is C22H18ClN3O4. The molecule has 3 aromatic rings. The summed E-state index contributed by atoms with van der Waals surface area (Å²) >= 11 is 6.13. The van der Waals surface area contributed by atoms with Crippen molar-refractivity contribution in [2.45, 2.75) is 19.3 Å². The van der Waals surface area contributed by atoms with E-state index < -0.39 is 12.2 Å². The van der Waals surface area contributed by atoms with Gasteiger partial charge in [-0.3, -0.25) is 4.79 Å². The van der Waals surface area contributed by atoms with Crippen molar-refractivity contribution in [2.75, 3.05) is 0 Å². The fraction of sp³-hybridized carbons (Fsp3) is 0.136. The van der Waals surface area contributed by atoms with Crippen LogP contribution in [0.4, 0.5) is 0 Å². The molecule has 0 radical (unpaired) electrons. The van der Waals surface area contributed by atoms with Crippen LogP contribution in [0.2, 0.25) is 5.02 Å². The number of benzene rings is 2. The molecule has 30 heavy (non-hydrogen) atoms. The predicted octanol–water partition coefficient (Wildman–Crippen LogP) is 3.85. The third-order valence-corrected chi connectivity index (χ3v) is 4.69. The Morgan fingerprint density at radius 1 is 1.13 bits per heavy atom. The van der Waals surface area contributed by atoms with E-state index in [0.717, 1.165) is 11.1 Å². The maximum absolute atomic E-state index is 12.6. The molecule has 1 aliphatic rings. The van der Waals surface area contributed by atoms with Gasteiger partial charge in [0.15, 0.2) is 6.26 Å². The Labute approximate surface area is 178 Å². The fourth-order valence-corrected chi connectivity index (χ4v) is 3.03. The highest BCUT2D eigenvalue weighted by Crippen LogP contribution is 2.23. The van der Waals surface area contributed by atoms with Crippen molar-refractivity contribution in [1.29, 1.82) is 0 Å². The van der Waals surface area contributed by atoms with Gasteiger partial charge in [0, 0.05) is 24.2 Å². The van der Waals surface area contributed by atoms with E-state index in [1.165, 1.54) is 18.8 Å². The number of nitrogens with one attached hydrogen (secondary N) is 1. The molecular weight excluding hydrogens is 406 g/mol. The normalized spacial score (nSPS) is 15.0. The second-order valence-corrected chi connectivity index (χ2v) is 6.84. The maximum atomic E-state index is 12.6. The summed E-state index contributed by atoms with van der Waals surface area (Å²) in [6, 6.07) is 17.1. The van der Waals surface area contributed by atoms with Crippen molar-refractivity contribution in [2.24, 2.45) is 0 Å². The van der Waals surface area contributed by atoms with Gasteiger partial charge < -0.3 is 19.5 Å². The Morgan fingerprint density at radius 3 is 2.77 bits per heavy atom. The number of aromatic nitrogens is 2. The second kappa shape index (κ2) is 9.28. The molecule has 0 saturated heterocycles. The molecule has 0 saturated carbocycles. The smallest absolute Gasteiger partial charge is 0.325 e. The lowest BCUT2D eigenvalue weighted by Gasteiger charge is -2.13. The lowest BCUT2D eigenvalue weighted by atomic mass is 10.1. The van der Waals surface area contributed by atoms with Crippen molar-refractivity contribution in [3.05, 3.63) is 101 Å². The van der Waals surface area contributed by atoms with Gasteiger partial charge in [0.25, 0.3) is 5.91 Å². The topological polar surface area (TPSA) is 82.6 Å². The number of hydrogen-bond donors (Lipinski definition) is 1. The van der Waals surface area contributed by atoms with Crippen LogP contribution in [0.15, 0.2) is 79.3 Å². The Balaban J connectivity index is 1.37. The third kappa shape index (κ3) is 4.87. The third-order valence-electron chi connectivity index (χ3n) is 4.32. The molecule has 1 atom stereocenters. The molecule has 8 heteroatoms. The summed E-state index contributed by atoms with van der Waals surface area (Å²) in [5, 5.41) is 3.36. The molecule has 1 amide bonds. The summed E-state index contributed by atoms with van der Waals surface area (Å²) in [6.07, 6.45) is 4.07. The van der Waals surface area contributed by atoms with E-state index in [-0.39, 0.29) is 23.9 Å². The minimum atomic E-state index is -0.512. The predicted molar refractivity (Wildman–Crippen MR) is 109 cm³/mol. The molecule has 0 bridgehead atoms. The standard InChI is InChI=1S/C22H18ClN3O4/c23-18-9-5-4-8-16(18)11-25-21(27)17-12-24-14-26-22(17)30-20-13-28-19(29-20)10-15-6-2-1-3-7-15/h1-9,12-14,19H,10-11H2,(H,25,27). The van der Waals surface area contributed by atoms with Crippen LogP contribution in [0.1, 0.15) is 21.5 Å². The van der Waals surface area contributed by atoms with Crippen molar-refractivity contribution in [1.82, 2.24) is 15.3 Å². The van der Waals surface area contributed by atoms with Crippen molar-refractivity contribution >= 4 is 17.5 Å². The van der Waals surface area contributed by atoms with Gasteiger partial charge in [-0.2, -0.15) is 0 Å². The molecule has 0 fully saturated rings. The van der Waals surface area contributed by atoms with Crippen molar-refractivity contribution in [3.63, 3.8) is 0 Å². The lowest BCUT2D eigenvalue weighted by Crippen LogP contribution is -2.24. The quantitative estimate of drug-likeness (QED) is 0.621. The minimum absolute atomic E-state index is 0.0665. The van der Waals surface area contributed by atoms with Crippen LogP contribution in [0.5, 0.6) is 5.88 Å². The molecule has 1 N–H and O–H groups in total. The van der Waals surface area contributed by atoms with Gasteiger partial charge in [-0.1, -0.05) is 60.1 Å². The van der Waals surface area contributed by atoms with E-state index in [4.69, 9.17) is 25.8 Å². The molecule has 1 aromatic heterocycles. The zero-order valence-corrected chi connectivity index (χ0v) is 16.6. The van der Waals surface area contributed by atoms with Gasteiger partial charge in [0.05, 0.1) is 0 Å². The molecule has 4 rings (SSSR count). The number of hydrogen-bond acceptors (Lipinski definition) is 6. The Bertz CT molecular complexity index is 1060. The highest BCUT2D eigenvalue weighted by molar-refractivity contribution is 6.31. The number of amides is 1. The second-order valence-electron chi connectivity index (χ2n) is 6.43. The summed E-state index contributed by atoms with van der Waals surface area (Å²) in [7, 11) is 0. The summed E-state index contributed by atoms with van der Waals surface area (Å²) in [5.74, 6) is -0.211. The largest absolute Gasteiger partial charge is 0.455 e. The van der Waals surface area contributed by atoms with E-state index in [9.17, 15) is 4.79 Å². The van der Waals surface area contributed by atoms with Gasteiger partial charge in [-0.15, -0.1) is 0 Å². The molecule has 7 nitrogen and oxygen atoms in total. The van der Waals surface area contributed by atoms with Gasteiger partial charge in [-0.05, 0) is 17.2 Å². The van der Waals surface area contributed by atoms with Crippen LogP contribution in [-0.4, -0.2) is 22.2 Å². The minimum Gasteiger partial charge on any atom is -0.455 e. The summed E-state index contributed by atoms with van der Waals surface area (Å²) in [6.45, 7) is 0.258. The maximum Gasteiger partial charge on any atom is 0.325 e. The van der Waals surface area contributed by atoms with Crippen molar-refractivity contribution < 1.29 is 19.0 Å². The van der Waals surface area contributed by atoms with E-state index in [1.807, 2.05) is 48.5 Å². The lowest BCUT2D eigenvalue weighted by molar-refractivity contribution is -0.0525. The van der Waals surface area contributed by atoms with Crippen LogP contribution < -0.4 is 10.1 Å². The number of ether oxygens (including phenoxy) is 3. The number of rotatable bonds is 7. The molecule has 152 valence electrons. The van der Waals surface area contributed by atoms with Gasteiger partial charge in [0.1, 0.15) is 11.9 Å². The van der Waals surface area contributed by atoms with Crippen LogP contribution in [0.3, 0.4) is 0 Å². The average Bonchev–Trinajstić information content (AvgIpc) is 3.21. The Morgan fingerprint density at radius 2 is 1.93 bits per heavy atom.